The molecule has 0 aromatic heterocycles. The van der Waals surface area contributed by atoms with Crippen molar-refractivity contribution in [3.63, 3.8) is 0 Å². The number of benzene rings is 2. The lowest BCUT2D eigenvalue weighted by Crippen LogP contribution is -2.31. The van der Waals surface area contributed by atoms with Gasteiger partial charge >= 0.3 is 0 Å². The summed E-state index contributed by atoms with van der Waals surface area (Å²) >= 11 is 1.67. The van der Waals surface area contributed by atoms with Crippen molar-refractivity contribution in [1.82, 2.24) is 0 Å². The molecular weight excluding hydrogens is 380 g/mol. The van der Waals surface area contributed by atoms with E-state index in [1.165, 1.54) is 10.6 Å². The van der Waals surface area contributed by atoms with E-state index in [-0.39, 0.29) is 18.9 Å². The molecule has 0 heterocycles. The van der Waals surface area contributed by atoms with Crippen LogP contribution >= 0.6 is 11.8 Å². The monoisotopic (exact) mass is 406 g/mol. The second kappa shape index (κ2) is 9.80. The number of anilines is 2. The first-order valence-corrected chi connectivity index (χ1v) is 11.7. The van der Waals surface area contributed by atoms with E-state index in [2.05, 4.69) is 12.2 Å². The largest absolute Gasteiger partial charge is 0.325 e. The van der Waals surface area contributed by atoms with Crippen LogP contribution in [0.25, 0.3) is 0 Å². The predicted molar refractivity (Wildman–Crippen MR) is 114 cm³/mol. The SMILES string of the molecule is CCSc1ccccc1NC(=O)CCCN(c1ccc(C)cc1)S(C)(=O)=O. The Balaban J connectivity index is 1.96. The molecule has 0 atom stereocenters. The van der Waals surface area contributed by atoms with Crippen molar-refractivity contribution in [2.45, 2.75) is 31.6 Å². The minimum absolute atomic E-state index is 0.114. The Morgan fingerprint density at radius 2 is 1.78 bits per heavy atom. The summed E-state index contributed by atoms with van der Waals surface area (Å²) < 4.78 is 25.6. The Labute approximate surface area is 166 Å². The van der Waals surface area contributed by atoms with Gasteiger partial charge in [0.1, 0.15) is 0 Å². The van der Waals surface area contributed by atoms with E-state index in [0.29, 0.717) is 12.1 Å². The zero-order valence-electron chi connectivity index (χ0n) is 15.9. The van der Waals surface area contributed by atoms with Crippen LogP contribution < -0.4 is 9.62 Å². The maximum atomic E-state index is 12.3. The van der Waals surface area contributed by atoms with E-state index < -0.39 is 10.0 Å². The predicted octanol–water partition coefficient (Wildman–Crippen LogP) is 4.29. The summed E-state index contributed by atoms with van der Waals surface area (Å²) in [4.78, 5) is 13.3. The molecule has 1 amide bonds. The summed E-state index contributed by atoms with van der Waals surface area (Å²) in [6.07, 6.45) is 1.88. The third kappa shape index (κ3) is 6.59. The second-order valence-electron chi connectivity index (χ2n) is 6.25. The van der Waals surface area contributed by atoms with E-state index in [0.717, 1.165) is 21.9 Å². The number of carbonyl (C=O) groups is 1. The standard InChI is InChI=1S/C20H26N2O3S2/c1-4-26-19-9-6-5-8-18(19)21-20(23)10-7-15-22(27(3,24)25)17-13-11-16(2)12-14-17/h5-6,8-9,11-14H,4,7,10,15H2,1-3H3,(H,21,23). The van der Waals surface area contributed by atoms with Crippen LogP contribution in [0.2, 0.25) is 0 Å². The average molecular weight is 407 g/mol. The van der Waals surface area contributed by atoms with Crippen LogP contribution in [-0.2, 0) is 14.8 Å². The number of sulfonamides is 1. The van der Waals surface area contributed by atoms with Crippen LogP contribution in [0.5, 0.6) is 0 Å². The molecule has 0 aliphatic carbocycles. The highest BCUT2D eigenvalue weighted by molar-refractivity contribution is 7.99. The van der Waals surface area contributed by atoms with Crippen molar-refractivity contribution in [2.75, 3.05) is 28.2 Å². The number of amides is 1. The Morgan fingerprint density at radius 3 is 2.41 bits per heavy atom. The molecule has 0 aliphatic heterocycles. The summed E-state index contributed by atoms with van der Waals surface area (Å²) in [5.74, 6) is 0.809. The fourth-order valence-electron chi connectivity index (χ4n) is 2.64. The third-order valence-corrected chi connectivity index (χ3v) is 6.10. The van der Waals surface area contributed by atoms with Crippen LogP contribution in [0.4, 0.5) is 11.4 Å². The van der Waals surface area contributed by atoms with Crippen LogP contribution in [0.3, 0.4) is 0 Å². The molecule has 2 aromatic carbocycles. The van der Waals surface area contributed by atoms with Crippen molar-refractivity contribution >= 4 is 39.1 Å². The van der Waals surface area contributed by atoms with E-state index in [9.17, 15) is 13.2 Å². The summed E-state index contributed by atoms with van der Waals surface area (Å²) in [6, 6.07) is 15.0. The number of nitrogens with one attached hydrogen (secondary N) is 1. The Morgan fingerprint density at radius 1 is 1.11 bits per heavy atom. The van der Waals surface area contributed by atoms with Crippen LogP contribution in [-0.4, -0.2) is 32.9 Å². The van der Waals surface area contributed by atoms with Gasteiger partial charge in [-0.15, -0.1) is 11.8 Å². The van der Waals surface area contributed by atoms with E-state index in [1.54, 1.807) is 23.9 Å². The van der Waals surface area contributed by atoms with Gasteiger partial charge in [0.15, 0.2) is 0 Å². The number of aryl methyl sites for hydroxylation is 1. The summed E-state index contributed by atoms with van der Waals surface area (Å²) in [5.41, 5.74) is 2.48. The fourth-order valence-corrected chi connectivity index (χ4v) is 4.37. The van der Waals surface area contributed by atoms with Gasteiger partial charge in [-0.1, -0.05) is 36.8 Å². The number of para-hydroxylation sites is 1. The molecule has 0 unspecified atom stereocenters. The molecule has 0 radical (unpaired) electrons. The smallest absolute Gasteiger partial charge is 0.232 e. The molecule has 0 spiro atoms. The molecule has 0 saturated carbocycles. The topological polar surface area (TPSA) is 66.5 Å². The molecule has 0 bridgehead atoms. The Kier molecular flexibility index (Phi) is 7.74. The van der Waals surface area contributed by atoms with E-state index >= 15 is 0 Å². The van der Waals surface area contributed by atoms with Gasteiger partial charge in [0.05, 0.1) is 17.6 Å². The summed E-state index contributed by atoms with van der Waals surface area (Å²) in [7, 11) is -3.40. The number of hydrogen-bond donors (Lipinski definition) is 1. The van der Waals surface area contributed by atoms with Gasteiger partial charge in [-0.25, -0.2) is 8.42 Å². The van der Waals surface area contributed by atoms with Crippen LogP contribution in [0.15, 0.2) is 53.4 Å². The van der Waals surface area contributed by atoms with Gasteiger partial charge in [0.2, 0.25) is 15.9 Å². The number of rotatable bonds is 9. The average Bonchev–Trinajstić information content (AvgIpc) is 2.61. The molecule has 0 saturated heterocycles. The van der Waals surface area contributed by atoms with Gasteiger partial charge in [0, 0.05) is 17.9 Å². The number of hydrogen-bond acceptors (Lipinski definition) is 4. The second-order valence-corrected chi connectivity index (χ2v) is 9.46. The summed E-state index contributed by atoms with van der Waals surface area (Å²) in [5, 5.41) is 2.93. The number of nitrogens with zero attached hydrogens (tertiary/aromatic N) is 1. The van der Waals surface area contributed by atoms with Crippen molar-refractivity contribution in [3.05, 3.63) is 54.1 Å². The first kappa shape index (κ1) is 21.3. The van der Waals surface area contributed by atoms with Gasteiger partial charge < -0.3 is 5.32 Å². The fraction of sp³-hybridized carbons (Fsp3) is 0.350. The molecule has 2 rings (SSSR count). The Hall–Kier alpha value is -1.99. The van der Waals surface area contributed by atoms with Crippen molar-refractivity contribution in [3.8, 4) is 0 Å². The molecule has 0 fully saturated rings. The molecule has 1 N–H and O–H groups in total. The zero-order valence-corrected chi connectivity index (χ0v) is 17.6. The lowest BCUT2D eigenvalue weighted by molar-refractivity contribution is -0.116. The first-order valence-electron chi connectivity index (χ1n) is 8.87. The van der Waals surface area contributed by atoms with E-state index in [1.807, 2.05) is 43.3 Å². The van der Waals surface area contributed by atoms with Crippen molar-refractivity contribution in [1.29, 1.82) is 0 Å². The molecule has 7 heteroatoms. The highest BCUT2D eigenvalue weighted by Crippen LogP contribution is 2.26. The van der Waals surface area contributed by atoms with Gasteiger partial charge in [-0.3, -0.25) is 9.10 Å². The Bertz CT molecular complexity index is 865. The lowest BCUT2D eigenvalue weighted by atomic mass is 10.2. The van der Waals surface area contributed by atoms with Gasteiger partial charge in [0.25, 0.3) is 0 Å². The highest BCUT2D eigenvalue weighted by Gasteiger charge is 2.17. The van der Waals surface area contributed by atoms with Crippen molar-refractivity contribution in [2.24, 2.45) is 0 Å². The molecular formula is C20H26N2O3S2. The highest BCUT2D eigenvalue weighted by atomic mass is 32.2. The number of carbonyl (C=O) groups excluding carboxylic acids is 1. The van der Waals surface area contributed by atoms with Gasteiger partial charge in [-0.05, 0) is 43.4 Å². The maximum absolute atomic E-state index is 12.3. The first-order chi connectivity index (χ1) is 12.8. The number of thioether (sulfide) groups is 1. The summed E-state index contributed by atoms with van der Waals surface area (Å²) in [6.45, 7) is 4.28. The zero-order chi connectivity index (χ0) is 19.9. The normalized spacial score (nSPS) is 11.2. The minimum atomic E-state index is -3.40. The lowest BCUT2D eigenvalue weighted by Gasteiger charge is -2.22. The van der Waals surface area contributed by atoms with Crippen molar-refractivity contribution < 1.29 is 13.2 Å². The minimum Gasteiger partial charge on any atom is -0.325 e. The molecule has 2 aromatic rings. The van der Waals surface area contributed by atoms with Gasteiger partial charge in [-0.2, -0.15) is 0 Å². The molecule has 0 aliphatic rings. The third-order valence-electron chi connectivity index (χ3n) is 3.95. The maximum Gasteiger partial charge on any atom is 0.232 e. The molecule has 5 nitrogen and oxygen atoms in total. The van der Waals surface area contributed by atoms with Crippen LogP contribution in [0.1, 0.15) is 25.3 Å². The molecule has 27 heavy (non-hydrogen) atoms. The molecule has 146 valence electrons. The van der Waals surface area contributed by atoms with Crippen LogP contribution in [0, 0.1) is 6.92 Å². The van der Waals surface area contributed by atoms with E-state index in [4.69, 9.17) is 0 Å². The quantitative estimate of drug-likeness (QED) is 0.631.